The fourth-order valence-corrected chi connectivity index (χ4v) is 3.60. The first-order chi connectivity index (χ1) is 13.7. The number of aromatic nitrogens is 5. The van der Waals surface area contributed by atoms with E-state index in [-0.39, 0.29) is 11.8 Å². The molecule has 1 aliphatic rings. The Morgan fingerprint density at radius 1 is 1.25 bits per heavy atom. The normalized spacial score (nSPS) is 14.4. The molecule has 1 amide bonds. The highest BCUT2D eigenvalue weighted by Crippen LogP contribution is 2.28. The van der Waals surface area contributed by atoms with Crippen molar-refractivity contribution in [3.05, 3.63) is 60.5 Å². The van der Waals surface area contributed by atoms with Gasteiger partial charge in [0.2, 0.25) is 17.6 Å². The average molecular weight is 374 g/mol. The van der Waals surface area contributed by atoms with E-state index in [0.29, 0.717) is 36.9 Å². The van der Waals surface area contributed by atoms with Crippen LogP contribution in [0.3, 0.4) is 0 Å². The van der Waals surface area contributed by atoms with Crippen LogP contribution in [0.15, 0.2) is 53.6 Å². The summed E-state index contributed by atoms with van der Waals surface area (Å²) in [5, 5.41) is 5.09. The molecule has 8 heteroatoms. The van der Waals surface area contributed by atoms with Gasteiger partial charge in [-0.3, -0.25) is 9.78 Å². The third-order valence-electron chi connectivity index (χ3n) is 5.14. The van der Waals surface area contributed by atoms with E-state index in [1.54, 1.807) is 18.6 Å². The Morgan fingerprint density at radius 2 is 2.11 bits per heavy atom. The molecule has 1 aliphatic heterocycles. The summed E-state index contributed by atoms with van der Waals surface area (Å²) in [6.45, 7) is 1.18. The van der Waals surface area contributed by atoms with Crippen LogP contribution >= 0.6 is 0 Å². The zero-order chi connectivity index (χ0) is 19.1. The Bertz CT molecular complexity index is 1140. The van der Waals surface area contributed by atoms with Gasteiger partial charge in [-0.05, 0) is 11.6 Å². The summed E-state index contributed by atoms with van der Waals surface area (Å²) in [4.78, 5) is 27.1. The molecule has 0 N–H and O–H groups in total. The number of benzene rings is 1. The summed E-state index contributed by atoms with van der Waals surface area (Å²) in [6, 6.07) is 8.13. The van der Waals surface area contributed by atoms with E-state index in [9.17, 15) is 4.79 Å². The summed E-state index contributed by atoms with van der Waals surface area (Å²) in [5.41, 5.74) is 2.75. The molecule has 8 nitrogen and oxygen atoms in total. The lowest BCUT2D eigenvalue weighted by molar-refractivity contribution is -0.135. The third-order valence-corrected chi connectivity index (χ3v) is 5.14. The third kappa shape index (κ3) is 2.83. The van der Waals surface area contributed by atoms with Gasteiger partial charge in [0, 0.05) is 49.6 Å². The van der Waals surface area contributed by atoms with Gasteiger partial charge in [0.25, 0.3) is 0 Å². The van der Waals surface area contributed by atoms with E-state index in [2.05, 4.69) is 36.8 Å². The molecule has 1 fully saturated rings. The summed E-state index contributed by atoms with van der Waals surface area (Å²) < 4.78 is 7.42. The molecule has 0 saturated carbocycles. The minimum atomic E-state index is 0.0642. The molecule has 4 aromatic rings. The van der Waals surface area contributed by atoms with Gasteiger partial charge in [0.15, 0.2) is 0 Å². The first-order valence-corrected chi connectivity index (χ1v) is 9.10. The maximum atomic E-state index is 12.7. The Balaban J connectivity index is 1.24. The Labute approximate surface area is 160 Å². The van der Waals surface area contributed by atoms with E-state index < -0.39 is 0 Å². The SMILES string of the molecule is Cn1cc(CC(=O)N2CC(c3nc(-c4cnccn4)no3)C2)c2ccccc21. The van der Waals surface area contributed by atoms with Gasteiger partial charge in [-0.15, -0.1) is 0 Å². The minimum absolute atomic E-state index is 0.0642. The van der Waals surface area contributed by atoms with Crippen LogP contribution in [0.25, 0.3) is 22.4 Å². The molecule has 140 valence electrons. The summed E-state index contributed by atoms with van der Waals surface area (Å²) in [6.07, 6.45) is 7.20. The van der Waals surface area contributed by atoms with Crippen molar-refractivity contribution in [2.75, 3.05) is 13.1 Å². The topological polar surface area (TPSA) is 89.9 Å². The van der Waals surface area contributed by atoms with E-state index in [0.717, 1.165) is 16.5 Å². The van der Waals surface area contributed by atoms with Crippen molar-refractivity contribution in [2.24, 2.45) is 7.05 Å². The van der Waals surface area contributed by atoms with Crippen LogP contribution in [-0.2, 0) is 18.3 Å². The first kappa shape index (κ1) is 16.6. The minimum Gasteiger partial charge on any atom is -0.350 e. The number of carbonyl (C=O) groups excluding carboxylic acids is 1. The van der Waals surface area contributed by atoms with Crippen LogP contribution in [0.4, 0.5) is 0 Å². The van der Waals surface area contributed by atoms with Gasteiger partial charge >= 0.3 is 0 Å². The maximum Gasteiger partial charge on any atom is 0.233 e. The number of hydrogen-bond acceptors (Lipinski definition) is 6. The first-order valence-electron chi connectivity index (χ1n) is 9.10. The molecule has 5 rings (SSSR count). The zero-order valence-electron chi connectivity index (χ0n) is 15.3. The number of carbonyl (C=O) groups is 1. The number of rotatable bonds is 4. The smallest absolute Gasteiger partial charge is 0.233 e. The van der Waals surface area contributed by atoms with E-state index in [1.165, 1.54) is 0 Å². The number of likely N-dealkylation sites (tertiary alicyclic amines) is 1. The number of amides is 1. The number of para-hydroxylation sites is 1. The second kappa shape index (κ2) is 6.56. The van der Waals surface area contributed by atoms with Crippen LogP contribution in [0.5, 0.6) is 0 Å². The molecule has 4 heterocycles. The number of hydrogen-bond donors (Lipinski definition) is 0. The van der Waals surface area contributed by atoms with Crippen molar-refractivity contribution in [1.29, 1.82) is 0 Å². The van der Waals surface area contributed by atoms with E-state index >= 15 is 0 Å². The van der Waals surface area contributed by atoms with E-state index in [4.69, 9.17) is 4.52 Å². The van der Waals surface area contributed by atoms with Crippen LogP contribution in [0, 0.1) is 0 Å². The quantitative estimate of drug-likeness (QED) is 0.544. The van der Waals surface area contributed by atoms with Gasteiger partial charge in [-0.25, -0.2) is 4.98 Å². The van der Waals surface area contributed by atoms with E-state index in [1.807, 2.05) is 30.3 Å². The van der Waals surface area contributed by atoms with Crippen molar-refractivity contribution >= 4 is 16.8 Å². The molecule has 1 aromatic carbocycles. The average Bonchev–Trinajstić information content (AvgIpc) is 3.28. The summed E-state index contributed by atoms with van der Waals surface area (Å²) in [5.74, 6) is 1.13. The van der Waals surface area contributed by atoms with Crippen molar-refractivity contribution in [1.82, 2.24) is 29.6 Å². The van der Waals surface area contributed by atoms with Gasteiger partial charge in [-0.1, -0.05) is 23.4 Å². The van der Waals surface area contributed by atoms with Gasteiger partial charge < -0.3 is 14.0 Å². The second-order valence-corrected chi connectivity index (χ2v) is 7.00. The molecule has 1 saturated heterocycles. The zero-order valence-corrected chi connectivity index (χ0v) is 15.3. The second-order valence-electron chi connectivity index (χ2n) is 7.00. The Hall–Kier alpha value is -3.55. The van der Waals surface area contributed by atoms with Crippen LogP contribution in [0.2, 0.25) is 0 Å². The molecule has 0 aliphatic carbocycles. The van der Waals surface area contributed by atoms with Crippen LogP contribution in [-0.4, -0.2) is 48.6 Å². The molecular weight excluding hydrogens is 356 g/mol. The molecule has 0 bridgehead atoms. The molecule has 0 spiro atoms. The fourth-order valence-electron chi connectivity index (χ4n) is 3.60. The molecule has 3 aromatic heterocycles. The van der Waals surface area contributed by atoms with Gasteiger partial charge in [-0.2, -0.15) is 4.98 Å². The molecular formula is C20H18N6O2. The number of fused-ring (bicyclic) bond motifs is 1. The standard InChI is InChI=1S/C20H18N6O2/c1-25-10-13(15-4-2-3-5-17(15)25)8-18(27)26-11-14(12-26)20-23-19(24-28-20)16-9-21-6-7-22-16/h2-7,9-10,14H,8,11-12H2,1H3. The summed E-state index contributed by atoms with van der Waals surface area (Å²) >= 11 is 0. The van der Waals surface area contributed by atoms with Crippen molar-refractivity contribution in [2.45, 2.75) is 12.3 Å². The Kier molecular flexibility index (Phi) is 3.89. The number of aryl methyl sites for hydroxylation is 1. The lowest BCUT2D eigenvalue weighted by Crippen LogP contribution is -2.49. The fraction of sp³-hybridized carbons (Fsp3) is 0.250. The van der Waals surface area contributed by atoms with Crippen molar-refractivity contribution in [3.8, 4) is 11.5 Å². The largest absolute Gasteiger partial charge is 0.350 e. The van der Waals surface area contributed by atoms with Gasteiger partial charge in [0.1, 0.15) is 5.69 Å². The lowest BCUT2D eigenvalue weighted by atomic mass is 9.98. The molecule has 28 heavy (non-hydrogen) atoms. The maximum absolute atomic E-state index is 12.7. The Morgan fingerprint density at radius 3 is 2.93 bits per heavy atom. The monoisotopic (exact) mass is 374 g/mol. The lowest BCUT2D eigenvalue weighted by Gasteiger charge is -2.37. The highest BCUT2D eigenvalue weighted by atomic mass is 16.5. The molecule has 0 radical (unpaired) electrons. The van der Waals surface area contributed by atoms with Gasteiger partial charge in [0.05, 0.1) is 18.5 Å². The molecule has 0 atom stereocenters. The summed E-state index contributed by atoms with van der Waals surface area (Å²) in [7, 11) is 2.00. The van der Waals surface area contributed by atoms with Crippen LogP contribution < -0.4 is 0 Å². The predicted octanol–water partition coefficient (Wildman–Crippen LogP) is 2.19. The van der Waals surface area contributed by atoms with Crippen LogP contribution in [0.1, 0.15) is 17.4 Å². The molecule has 0 unspecified atom stereocenters. The van der Waals surface area contributed by atoms with Crippen molar-refractivity contribution in [3.63, 3.8) is 0 Å². The highest BCUT2D eigenvalue weighted by Gasteiger charge is 2.35. The number of nitrogens with zero attached hydrogens (tertiary/aromatic N) is 6. The van der Waals surface area contributed by atoms with Crippen molar-refractivity contribution < 1.29 is 9.32 Å². The predicted molar refractivity (Wildman–Crippen MR) is 101 cm³/mol. The highest BCUT2D eigenvalue weighted by molar-refractivity contribution is 5.89.